The fourth-order valence-electron chi connectivity index (χ4n) is 3.68. The van der Waals surface area contributed by atoms with Crippen LogP contribution in [0.4, 0.5) is 5.82 Å². The zero-order chi connectivity index (χ0) is 15.0. The number of pyridine rings is 1. The zero-order valence-electron chi connectivity index (χ0n) is 13.2. The van der Waals surface area contributed by atoms with Crippen molar-refractivity contribution in [2.24, 2.45) is 17.6 Å². The Kier molecular flexibility index (Phi) is 3.87. The molecule has 1 saturated heterocycles. The van der Waals surface area contributed by atoms with Gasteiger partial charge in [-0.05, 0) is 55.6 Å². The lowest BCUT2D eigenvalue weighted by Gasteiger charge is -2.35. The number of hydrogen-bond donors (Lipinski definition) is 2. The first-order valence-corrected chi connectivity index (χ1v) is 8.18. The Morgan fingerprint density at radius 2 is 2.05 bits per heavy atom. The number of nitrogens with one attached hydrogen (secondary N) is 1. The van der Waals surface area contributed by atoms with E-state index in [9.17, 15) is 0 Å². The fourth-order valence-corrected chi connectivity index (χ4v) is 3.68. The van der Waals surface area contributed by atoms with Crippen LogP contribution in [0, 0.1) is 17.2 Å². The molecule has 2 aliphatic rings. The highest BCUT2D eigenvalue weighted by atomic mass is 15.2. The number of fused-ring (bicyclic) bond motifs is 1. The number of rotatable bonds is 3. The molecule has 0 bridgehead atoms. The number of hydrogen-bond acceptors (Lipinski definition) is 3. The van der Waals surface area contributed by atoms with Gasteiger partial charge in [-0.15, -0.1) is 0 Å². The van der Waals surface area contributed by atoms with Crippen molar-refractivity contribution in [1.82, 2.24) is 4.98 Å². The van der Waals surface area contributed by atoms with Crippen LogP contribution in [0.15, 0.2) is 6.07 Å². The number of nitrogens with two attached hydrogens (primary N) is 1. The molecule has 4 heteroatoms. The van der Waals surface area contributed by atoms with Gasteiger partial charge in [-0.2, -0.15) is 0 Å². The summed E-state index contributed by atoms with van der Waals surface area (Å²) in [6, 6.07) is 2.11. The van der Waals surface area contributed by atoms with Crippen LogP contribution in [0.25, 0.3) is 0 Å². The van der Waals surface area contributed by atoms with E-state index >= 15 is 0 Å². The third-order valence-corrected chi connectivity index (χ3v) is 5.10. The van der Waals surface area contributed by atoms with Crippen molar-refractivity contribution in [3.05, 3.63) is 22.9 Å². The van der Waals surface area contributed by atoms with Gasteiger partial charge in [0, 0.05) is 18.8 Å². The number of anilines is 1. The van der Waals surface area contributed by atoms with Crippen molar-refractivity contribution < 1.29 is 0 Å². The number of piperidine rings is 1. The maximum absolute atomic E-state index is 7.88. The molecule has 0 atom stereocenters. The van der Waals surface area contributed by atoms with Gasteiger partial charge in [-0.25, -0.2) is 4.98 Å². The van der Waals surface area contributed by atoms with Crippen molar-refractivity contribution in [2.45, 2.75) is 46.0 Å². The van der Waals surface area contributed by atoms with Crippen molar-refractivity contribution in [1.29, 1.82) is 5.41 Å². The number of nitrogen functional groups attached to an aromatic ring is 1. The van der Waals surface area contributed by atoms with Gasteiger partial charge >= 0.3 is 0 Å². The van der Waals surface area contributed by atoms with E-state index < -0.39 is 0 Å². The van der Waals surface area contributed by atoms with E-state index in [0.29, 0.717) is 0 Å². The summed E-state index contributed by atoms with van der Waals surface area (Å²) in [6.07, 6.45) is 5.77. The molecule has 2 heterocycles. The van der Waals surface area contributed by atoms with Gasteiger partial charge in [-0.3, -0.25) is 5.41 Å². The minimum atomic E-state index is 0.151. The standard InChI is InChI=1S/C17H26N4/c1-11(2)12-6-8-21(9-7-12)17-14(16(18)19)10-13-4-3-5-15(13)20-17/h10-12H,3-9H2,1-2H3,(H3,18,19). The molecule has 1 aliphatic heterocycles. The second-order valence-corrected chi connectivity index (χ2v) is 6.80. The van der Waals surface area contributed by atoms with Crippen LogP contribution in [-0.2, 0) is 12.8 Å². The Hall–Kier alpha value is -1.58. The predicted molar refractivity (Wildman–Crippen MR) is 87.1 cm³/mol. The SMILES string of the molecule is CC(C)C1CCN(c2nc3c(cc2C(=N)N)CCC3)CC1. The van der Waals surface area contributed by atoms with Crippen molar-refractivity contribution >= 4 is 11.7 Å². The largest absolute Gasteiger partial charge is 0.384 e. The van der Waals surface area contributed by atoms with Crippen LogP contribution in [0.3, 0.4) is 0 Å². The average Bonchev–Trinajstić information content (AvgIpc) is 2.93. The van der Waals surface area contributed by atoms with Gasteiger partial charge in [0.1, 0.15) is 11.7 Å². The van der Waals surface area contributed by atoms with Gasteiger partial charge in [0.05, 0.1) is 5.56 Å². The Morgan fingerprint density at radius 3 is 2.67 bits per heavy atom. The lowest BCUT2D eigenvalue weighted by Crippen LogP contribution is -2.37. The minimum Gasteiger partial charge on any atom is -0.384 e. The summed E-state index contributed by atoms with van der Waals surface area (Å²) in [5, 5.41) is 7.88. The second-order valence-electron chi connectivity index (χ2n) is 6.80. The minimum absolute atomic E-state index is 0.151. The molecule has 0 radical (unpaired) electrons. The Bertz CT molecular complexity index is 542. The first kappa shape index (κ1) is 14.4. The Morgan fingerprint density at radius 1 is 1.33 bits per heavy atom. The molecule has 3 N–H and O–H groups in total. The highest BCUT2D eigenvalue weighted by molar-refractivity contribution is 6.00. The molecule has 0 amide bonds. The molecule has 3 rings (SSSR count). The molecule has 21 heavy (non-hydrogen) atoms. The maximum Gasteiger partial charge on any atom is 0.139 e. The van der Waals surface area contributed by atoms with Crippen molar-refractivity contribution in [3.63, 3.8) is 0 Å². The lowest BCUT2D eigenvalue weighted by molar-refractivity contribution is 0.310. The molecule has 1 aromatic rings. The molecular formula is C17H26N4. The average molecular weight is 286 g/mol. The summed E-state index contributed by atoms with van der Waals surface area (Å²) in [5.74, 6) is 2.67. The summed E-state index contributed by atoms with van der Waals surface area (Å²) >= 11 is 0. The van der Waals surface area contributed by atoms with Gasteiger partial charge in [-0.1, -0.05) is 13.8 Å². The topological polar surface area (TPSA) is 66.0 Å². The number of aryl methyl sites for hydroxylation is 2. The van der Waals surface area contributed by atoms with E-state index in [-0.39, 0.29) is 5.84 Å². The Labute approximate surface area is 127 Å². The lowest BCUT2D eigenvalue weighted by atomic mass is 9.86. The van der Waals surface area contributed by atoms with Crippen LogP contribution < -0.4 is 10.6 Å². The van der Waals surface area contributed by atoms with Crippen molar-refractivity contribution in [2.75, 3.05) is 18.0 Å². The normalized spacial score (nSPS) is 19.1. The zero-order valence-corrected chi connectivity index (χ0v) is 13.2. The molecule has 114 valence electrons. The number of nitrogens with zero attached hydrogens (tertiary/aromatic N) is 2. The van der Waals surface area contributed by atoms with Gasteiger partial charge in [0.25, 0.3) is 0 Å². The van der Waals surface area contributed by atoms with Gasteiger partial charge in [0.15, 0.2) is 0 Å². The third kappa shape index (κ3) is 2.76. The molecule has 0 spiro atoms. The first-order valence-electron chi connectivity index (χ1n) is 8.18. The predicted octanol–water partition coefficient (Wildman–Crippen LogP) is 2.73. The Balaban J connectivity index is 1.86. The van der Waals surface area contributed by atoms with Crippen LogP contribution >= 0.6 is 0 Å². The highest BCUT2D eigenvalue weighted by Gasteiger charge is 2.26. The van der Waals surface area contributed by atoms with Gasteiger partial charge < -0.3 is 10.6 Å². The maximum atomic E-state index is 7.88. The molecule has 0 unspecified atom stereocenters. The molecule has 0 aromatic carbocycles. The summed E-state index contributed by atoms with van der Waals surface area (Å²) in [4.78, 5) is 7.21. The van der Waals surface area contributed by atoms with E-state index in [4.69, 9.17) is 16.1 Å². The van der Waals surface area contributed by atoms with E-state index in [1.807, 2.05) is 0 Å². The van der Waals surface area contributed by atoms with Crippen LogP contribution in [0.5, 0.6) is 0 Å². The van der Waals surface area contributed by atoms with Crippen LogP contribution in [-0.4, -0.2) is 23.9 Å². The fraction of sp³-hybridized carbons (Fsp3) is 0.647. The van der Waals surface area contributed by atoms with E-state index in [0.717, 1.165) is 49.1 Å². The number of amidine groups is 1. The summed E-state index contributed by atoms with van der Waals surface area (Å²) in [5.41, 5.74) is 9.16. The smallest absolute Gasteiger partial charge is 0.139 e. The first-order chi connectivity index (χ1) is 10.1. The second kappa shape index (κ2) is 5.66. The number of aromatic nitrogens is 1. The third-order valence-electron chi connectivity index (χ3n) is 5.10. The summed E-state index contributed by atoms with van der Waals surface area (Å²) in [6.45, 7) is 6.70. The molecular weight excluding hydrogens is 260 g/mol. The molecule has 1 fully saturated rings. The van der Waals surface area contributed by atoms with Gasteiger partial charge in [0.2, 0.25) is 0 Å². The summed E-state index contributed by atoms with van der Waals surface area (Å²) < 4.78 is 0. The van der Waals surface area contributed by atoms with E-state index in [1.165, 1.54) is 30.5 Å². The quantitative estimate of drug-likeness (QED) is 0.663. The van der Waals surface area contributed by atoms with Crippen LogP contribution in [0.1, 0.15) is 49.9 Å². The van der Waals surface area contributed by atoms with Crippen molar-refractivity contribution in [3.8, 4) is 0 Å². The highest BCUT2D eigenvalue weighted by Crippen LogP contribution is 2.31. The molecule has 1 aromatic heterocycles. The molecule has 4 nitrogen and oxygen atoms in total. The van der Waals surface area contributed by atoms with Crippen LogP contribution in [0.2, 0.25) is 0 Å². The monoisotopic (exact) mass is 286 g/mol. The molecule has 0 saturated carbocycles. The molecule has 1 aliphatic carbocycles. The van der Waals surface area contributed by atoms with E-state index in [2.05, 4.69) is 24.8 Å². The van der Waals surface area contributed by atoms with E-state index in [1.54, 1.807) is 0 Å². The summed E-state index contributed by atoms with van der Waals surface area (Å²) in [7, 11) is 0.